The zero-order valence-corrected chi connectivity index (χ0v) is 16.5. The average molecular weight is 393 g/mol. The van der Waals surface area contributed by atoms with Crippen molar-refractivity contribution >= 4 is 34.8 Å². The molecule has 0 radical (unpaired) electrons. The monoisotopic (exact) mass is 392 g/mol. The van der Waals surface area contributed by atoms with Crippen molar-refractivity contribution in [2.24, 2.45) is 0 Å². The van der Waals surface area contributed by atoms with E-state index in [1.807, 2.05) is 36.1 Å². The molecule has 0 spiro atoms. The van der Waals surface area contributed by atoms with Gasteiger partial charge in [0.2, 0.25) is 0 Å². The maximum absolute atomic E-state index is 12.4. The summed E-state index contributed by atoms with van der Waals surface area (Å²) in [5.74, 6) is 0.661. The highest BCUT2D eigenvalue weighted by Gasteiger charge is 2.22. The normalized spacial score (nSPS) is 14.5. The van der Waals surface area contributed by atoms with Gasteiger partial charge in [0.25, 0.3) is 5.91 Å². The van der Waals surface area contributed by atoms with Crippen LogP contribution in [0.15, 0.2) is 36.4 Å². The van der Waals surface area contributed by atoms with Gasteiger partial charge in [-0.25, -0.2) is 0 Å². The number of hydrogen-bond donors (Lipinski definition) is 0. The Hall–Kier alpha value is -1.91. The quantitative estimate of drug-likeness (QED) is 0.775. The van der Waals surface area contributed by atoms with E-state index in [1.165, 1.54) is 5.56 Å². The van der Waals surface area contributed by atoms with Crippen LogP contribution in [-0.4, -0.2) is 43.6 Å². The number of carbonyl (C=O) groups is 1. The van der Waals surface area contributed by atoms with E-state index in [1.54, 1.807) is 12.1 Å². The summed E-state index contributed by atoms with van der Waals surface area (Å²) in [5, 5.41) is 1.42. The third-order valence-electron chi connectivity index (χ3n) is 4.64. The molecule has 3 rings (SSSR count). The first kappa shape index (κ1) is 18.9. The van der Waals surface area contributed by atoms with Gasteiger partial charge in [-0.3, -0.25) is 4.79 Å². The number of piperazine rings is 1. The Kier molecular flexibility index (Phi) is 5.94. The fourth-order valence-electron chi connectivity index (χ4n) is 3.06. The van der Waals surface area contributed by atoms with Crippen LogP contribution in [0.3, 0.4) is 0 Å². The summed E-state index contributed by atoms with van der Waals surface area (Å²) in [5.41, 5.74) is 3.26. The molecule has 0 aromatic heterocycles. The summed E-state index contributed by atoms with van der Waals surface area (Å²) in [6, 6.07) is 11.3. The van der Waals surface area contributed by atoms with Crippen molar-refractivity contribution in [2.75, 3.05) is 37.7 Å². The lowest BCUT2D eigenvalue weighted by atomic mass is 10.1. The smallest absolute Gasteiger partial charge is 0.260 e. The molecule has 2 aromatic carbocycles. The fourth-order valence-corrected chi connectivity index (χ4v) is 3.35. The van der Waals surface area contributed by atoms with Crippen molar-refractivity contribution in [1.82, 2.24) is 4.90 Å². The molecule has 0 atom stereocenters. The Balaban J connectivity index is 1.53. The Labute approximate surface area is 164 Å². The Bertz CT molecular complexity index is 802. The Morgan fingerprint density at radius 3 is 2.42 bits per heavy atom. The average Bonchev–Trinajstić information content (AvgIpc) is 2.64. The molecular formula is C20H22Cl2N2O2. The van der Waals surface area contributed by atoms with Gasteiger partial charge in [-0.05, 0) is 55.3 Å². The summed E-state index contributed by atoms with van der Waals surface area (Å²) >= 11 is 12.1. The number of hydrogen-bond acceptors (Lipinski definition) is 3. The highest BCUT2D eigenvalue weighted by molar-refractivity contribution is 6.31. The van der Waals surface area contributed by atoms with E-state index >= 15 is 0 Å². The first-order valence-electron chi connectivity index (χ1n) is 8.62. The number of ether oxygens (including phenoxy) is 1. The van der Waals surface area contributed by atoms with Crippen molar-refractivity contribution in [1.29, 1.82) is 0 Å². The molecule has 0 N–H and O–H groups in total. The number of benzene rings is 2. The van der Waals surface area contributed by atoms with Crippen LogP contribution < -0.4 is 9.64 Å². The minimum absolute atomic E-state index is 0.0000640. The van der Waals surface area contributed by atoms with Gasteiger partial charge in [-0.15, -0.1) is 0 Å². The largest absolute Gasteiger partial charge is 0.484 e. The number of nitrogens with zero attached hydrogens (tertiary/aromatic N) is 2. The zero-order chi connectivity index (χ0) is 18.7. The number of anilines is 1. The van der Waals surface area contributed by atoms with Gasteiger partial charge in [0.05, 0.1) is 0 Å². The number of halogens is 2. The second kappa shape index (κ2) is 8.19. The van der Waals surface area contributed by atoms with E-state index in [9.17, 15) is 4.79 Å². The summed E-state index contributed by atoms with van der Waals surface area (Å²) in [7, 11) is 0. The van der Waals surface area contributed by atoms with Crippen LogP contribution in [0.1, 0.15) is 11.1 Å². The first-order chi connectivity index (χ1) is 12.4. The van der Waals surface area contributed by atoms with E-state index in [4.69, 9.17) is 27.9 Å². The SMILES string of the molecule is Cc1cc(OCC(=O)N2CCN(c3cc(Cl)ccc3C)CC2)ccc1Cl. The van der Waals surface area contributed by atoms with E-state index in [-0.39, 0.29) is 12.5 Å². The van der Waals surface area contributed by atoms with Gasteiger partial charge in [-0.2, -0.15) is 0 Å². The molecule has 6 heteroatoms. The maximum atomic E-state index is 12.4. The second-order valence-corrected chi connectivity index (χ2v) is 7.34. The molecule has 1 saturated heterocycles. The predicted molar refractivity (Wildman–Crippen MR) is 107 cm³/mol. The lowest BCUT2D eigenvalue weighted by Crippen LogP contribution is -2.50. The summed E-state index contributed by atoms with van der Waals surface area (Å²) in [4.78, 5) is 16.5. The highest BCUT2D eigenvalue weighted by atomic mass is 35.5. The van der Waals surface area contributed by atoms with Crippen LogP contribution in [0, 0.1) is 13.8 Å². The van der Waals surface area contributed by atoms with E-state index < -0.39 is 0 Å². The van der Waals surface area contributed by atoms with Crippen LogP contribution in [0.4, 0.5) is 5.69 Å². The lowest BCUT2D eigenvalue weighted by molar-refractivity contribution is -0.133. The van der Waals surface area contributed by atoms with E-state index in [0.29, 0.717) is 23.9 Å². The molecule has 0 unspecified atom stereocenters. The third-order valence-corrected chi connectivity index (χ3v) is 5.30. The summed E-state index contributed by atoms with van der Waals surface area (Å²) in [6.07, 6.45) is 0. The zero-order valence-electron chi connectivity index (χ0n) is 15.0. The first-order valence-corrected chi connectivity index (χ1v) is 9.37. The molecule has 1 aliphatic heterocycles. The molecule has 1 heterocycles. The van der Waals surface area contributed by atoms with Gasteiger partial charge in [-0.1, -0.05) is 29.3 Å². The van der Waals surface area contributed by atoms with Crippen molar-refractivity contribution in [3.8, 4) is 5.75 Å². The maximum Gasteiger partial charge on any atom is 0.260 e. The minimum atomic E-state index is 0.0000640. The molecule has 2 aromatic rings. The van der Waals surface area contributed by atoms with Gasteiger partial charge in [0, 0.05) is 41.9 Å². The van der Waals surface area contributed by atoms with Crippen molar-refractivity contribution in [3.63, 3.8) is 0 Å². The molecule has 138 valence electrons. The predicted octanol–water partition coefficient (Wildman–Crippen LogP) is 4.34. The molecule has 1 amide bonds. The van der Waals surface area contributed by atoms with Gasteiger partial charge in [0.1, 0.15) is 5.75 Å². The topological polar surface area (TPSA) is 32.8 Å². The molecule has 0 saturated carbocycles. The summed E-state index contributed by atoms with van der Waals surface area (Å²) in [6.45, 7) is 6.94. The Morgan fingerprint density at radius 1 is 1.00 bits per heavy atom. The number of rotatable bonds is 4. The molecule has 4 nitrogen and oxygen atoms in total. The van der Waals surface area contributed by atoms with Crippen molar-refractivity contribution in [3.05, 3.63) is 57.6 Å². The van der Waals surface area contributed by atoms with E-state index in [0.717, 1.165) is 29.4 Å². The van der Waals surface area contributed by atoms with Crippen molar-refractivity contribution < 1.29 is 9.53 Å². The molecule has 0 bridgehead atoms. The fraction of sp³-hybridized carbons (Fsp3) is 0.350. The van der Waals surface area contributed by atoms with Crippen LogP contribution in [0.25, 0.3) is 0 Å². The van der Waals surface area contributed by atoms with Gasteiger partial charge < -0.3 is 14.5 Å². The molecule has 0 aliphatic carbocycles. The molecule has 1 fully saturated rings. The van der Waals surface area contributed by atoms with E-state index in [2.05, 4.69) is 11.8 Å². The lowest BCUT2D eigenvalue weighted by Gasteiger charge is -2.36. The summed E-state index contributed by atoms with van der Waals surface area (Å²) < 4.78 is 5.62. The number of aryl methyl sites for hydroxylation is 2. The standard InChI is InChI=1S/C20H22Cl2N2O2/c1-14-3-4-16(21)12-19(14)23-7-9-24(10-8-23)20(25)13-26-17-5-6-18(22)15(2)11-17/h3-6,11-12H,7-10,13H2,1-2H3. The molecular weight excluding hydrogens is 371 g/mol. The van der Waals surface area contributed by atoms with Gasteiger partial charge >= 0.3 is 0 Å². The number of carbonyl (C=O) groups excluding carboxylic acids is 1. The highest BCUT2D eigenvalue weighted by Crippen LogP contribution is 2.25. The van der Waals surface area contributed by atoms with Crippen LogP contribution in [-0.2, 0) is 4.79 Å². The van der Waals surface area contributed by atoms with Gasteiger partial charge in [0.15, 0.2) is 6.61 Å². The third kappa shape index (κ3) is 4.43. The minimum Gasteiger partial charge on any atom is -0.484 e. The van der Waals surface area contributed by atoms with Crippen molar-refractivity contribution in [2.45, 2.75) is 13.8 Å². The van der Waals surface area contributed by atoms with Crippen LogP contribution >= 0.6 is 23.2 Å². The molecule has 26 heavy (non-hydrogen) atoms. The van der Waals surface area contributed by atoms with Crippen LogP contribution in [0.2, 0.25) is 10.0 Å². The molecule has 1 aliphatic rings. The van der Waals surface area contributed by atoms with Crippen LogP contribution in [0.5, 0.6) is 5.75 Å². The number of amides is 1. The Morgan fingerprint density at radius 2 is 1.73 bits per heavy atom. The second-order valence-electron chi connectivity index (χ2n) is 6.50.